The number of ether oxygens (including phenoxy) is 2. The lowest BCUT2D eigenvalue weighted by Crippen LogP contribution is -2.26. The van der Waals surface area contributed by atoms with E-state index >= 15 is 0 Å². The van der Waals surface area contributed by atoms with Crippen LogP contribution in [0.1, 0.15) is 61.7 Å². The molecule has 1 heterocycles. The van der Waals surface area contributed by atoms with E-state index in [0.29, 0.717) is 24.2 Å². The molecule has 3 heteroatoms. The third-order valence-electron chi connectivity index (χ3n) is 4.90. The number of allylic oxidation sites excluding steroid dienone is 2. The Labute approximate surface area is 167 Å². The van der Waals surface area contributed by atoms with Crippen molar-refractivity contribution in [3.8, 4) is 11.5 Å². The molecule has 0 aliphatic carbocycles. The van der Waals surface area contributed by atoms with Gasteiger partial charge in [0, 0.05) is 5.56 Å². The lowest BCUT2D eigenvalue weighted by molar-refractivity contribution is 0.0845. The van der Waals surface area contributed by atoms with Crippen LogP contribution in [-0.4, -0.2) is 11.4 Å². The average molecular weight is 376 g/mol. The van der Waals surface area contributed by atoms with Crippen LogP contribution in [-0.2, 0) is 6.42 Å². The highest BCUT2D eigenvalue weighted by atomic mass is 16.5. The number of hydrogen-bond acceptors (Lipinski definition) is 3. The molecular weight excluding hydrogens is 348 g/mol. The topological polar surface area (TPSA) is 35.5 Å². The Bertz CT molecular complexity index is 903. The van der Waals surface area contributed by atoms with Gasteiger partial charge >= 0.3 is 0 Å². The molecule has 0 unspecified atom stereocenters. The first-order chi connectivity index (χ1) is 13.3. The molecule has 0 amide bonds. The van der Waals surface area contributed by atoms with Crippen LogP contribution in [0.5, 0.6) is 11.5 Å². The lowest BCUT2D eigenvalue weighted by Gasteiger charge is -2.30. The average Bonchev–Trinajstić information content (AvgIpc) is 2.67. The minimum atomic E-state index is -0.522. The van der Waals surface area contributed by atoms with Crippen molar-refractivity contribution in [1.29, 1.82) is 0 Å². The van der Waals surface area contributed by atoms with Crippen LogP contribution in [0.3, 0.4) is 0 Å². The first-order valence-corrected chi connectivity index (χ1v) is 9.67. The smallest absolute Gasteiger partial charge is 0.170 e. The summed E-state index contributed by atoms with van der Waals surface area (Å²) in [5.41, 5.74) is 3.22. The fourth-order valence-electron chi connectivity index (χ4n) is 3.20. The van der Waals surface area contributed by atoms with Gasteiger partial charge in [-0.3, -0.25) is 4.79 Å². The molecule has 28 heavy (non-hydrogen) atoms. The van der Waals surface area contributed by atoms with Crippen LogP contribution in [0.2, 0.25) is 0 Å². The maximum absolute atomic E-state index is 12.9. The molecule has 0 saturated carbocycles. The number of fused-ring (bicyclic) bond motifs is 1. The molecule has 2 aromatic rings. The Balaban J connectivity index is 2.08. The molecule has 0 fully saturated rings. The van der Waals surface area contributed by atoms with E-state index in [-0.39, 0.29) is 11.9 Å². The molecule has 0 N–H and O–H groups in total. The van der Waals surface area contributed by atoms with E-state index in [1.807, 2.05) is 56.3 Å². The highest BCUT2D eigenvalue weighted by Crippen LogP contribution is 2.42. The van der Waals surface area contributed by atoms with Gasteiger partial charge in [0.15, 0.2) is 5.78 Å². The number of rotatable bonds is 6. The van der Waals surface area contributed by atoms with Crippen LogP contribution >= 0.6 is 0 Å². The first kappa shape index (κ1) is 19.9. The van der Waals surface area contributed by atoms with Crippen LogP contribution < -0.4 is 9.47 Å². The van der Waals surface area contributed by atoms with E-state index in [0.717, 1.165) is 16.9 Å². The highest BCUT2D eigenvalue weighted by molar-refractivity contribution is 6.00. The zero-order chi connectivity index (χ0) is 20.3. The van der Waals surface area contributed by atoms with E-state index in [2.05, 4.69) is 26.5 Å². The van der Waals surface area contributed by atoms with Crippen molar-refractivity contribution >= 4 is 5.78 Å². The van der Waals surface area contributed by atoms with Crippen LogP contribution in [0, 0.1) is 0 Å². The zero-order valence-corrected chi connectivity index (χ0v) is 17.1. The highest BCUT2D eigenvalue weighted by Gasteiger charge is 2.31. The van der Waals surface area contributed by atoms with Gasteiger partial charge in [0.2, 0.25) is 0 Å². The Morgan fingerprint density at radius 1 is 1.21 bits per heavy atom. The molecule has 0 bridgehead atoms. The molecule has 3 rings (SSSR count). The van der Waals surface area contributed by atoms with Gasteiger partial charge in [-0.1, -0.05) is 48.6 Å². The lowest BCUT2D eigenvalue weighted by atomic mass is 9.93. The second kappa shape index (κ2) is 8.05. The van der Waals surface area contributed by atoms with Crippen LogP contribution in [0.4, 0.5) is 0 Å². The summed E-state index contributed by atoms with van der Waals surface area (Å²) in [6, 6.07) is 13.6. The summed E-state index contributed by atoms with van der Waals surface area (Å²) in [6.07, 6.45) is 4.61. The molecule has 1 atom stereocenters. The SMILES string of the molecule is C=CC(C)(C)Oc1ccc2c(c1CC=C(C)C)O[C@H](c1ccccc1)CC2=O. The normalized spacial score (nSPS) is 16.0. The van der Waals surface area contributed by atoms with Crippen LogP contribution in [0.25, 0.3) is 0 Å². The summed E-state index contributed by atoms with van der Waals surface area (Å²) in [7, 11) is 0. The van der Waals surface area contributed by atoms with Gasteiger partial charge in [-0.15, -0.1) is 0 Å². The quantitative estimate of drug-likeness (QED) is 0.559. The molecule has 1 aliphatic heterocycles. The van der Waals surface area contributed by atoms with E-state index in [4.69, 9.17) is 9.47 Å². The summed E-state index contributed by atoms with van der Waals surface area (Å²) in [4.78, 5) is 12.9. The van der Waals surface area contributed by atoms with E-state index in [1.165, 1.54) is 5.57 Å². The molecular formula is C25H28O3. The van der Waals surface area contributed by atoms with Crippen molar-refractivity contribution in [3.05, 3.63) is 83.5 Å². The van der Waals surface area contributed by atoms with Crippen molar-refractivity contribution in [2.24, 2.45) is 0 Å². The molecule has 0 aromatic heterocycles. The van der Waals surface area contributed by atoms with Crippen molar-refractivity contribution in [2.75, 3.05) is 0 Å². The monoisotopic (exact) mass is 376 g/mol. The van der Waals surface area contributed by atoms with E-state index in [1.54, 1.807) is 6.08 Å². The minimum absolute atomic E-state index is 0.100. The van der Waals surface area contributed by atoms with Gasteiger partial charge in [0.05, 0.1) is 12.0 Å². The van der Waals surface area contributed by atoms with Gasteiger partial charge in [-0.25, -0.2) is 0 Å². The van der Waals surface area contributed by atoms with Crippen molar-refractivity contribution in [3.63, 3.8) is 0 Å². The Morgan fingerprint density at radius 2 is 1.93 bits per heavy atom. The van der Waals surface area contributed by atoms with Gasteiger partial charge in [-0.05, 0) is 57.9 Å². The number of carbonyl (C=O) groups is 1. The summed E-state index contributed by atoms with van der Waals surface area (Å²) in [5.74, 6) is 1.46. The predicted molar refractivity (Wildman–Crippen MR) is 113 cm³/mol. The molecule has 2 aromatic carbocycles. The molecule has 1 aliphatic rings. The van der Waals surface area contributed by atoms with Crippen LogP contribution in [0.15, 0.2) is 66.8 Å². The predicted octanol–water partition coefficient (Wildman–Crippen LogP) is 6.25. The maximum Gasteiger partial charge on any atom is 0.170 e. The number of Topliss-reactive ketones (excluding diaryl/α,β-unsaturated/α-hetero) is 1. The molecule has 0 saturated heterocycles. The summed E-state index contributed by atoms with van der Waals surface area (Å²) >= 11 is 0. The van der Waals surface area contributed by atoms with Gasteiger partial charge in [0.1, 0.15) is 23.2 Å². The van der Waals surface area contributed by atoms with Gasteiger partial charge < -0.3 is 9.47 Å². The second-order valence-electron chi connectivity index (χ2n) is 7.96. The molecule has 3 nitrogen and oxygen atoms in total. The second-order valence-corrected chi connectivity index (χ2v) is 7.96. The Hall–Kier alpha value is -2.81. The Morgan fingerprint density at radius 3 is 2.57 bits per heavy atom. The minimum Gasteiger partial charge on any atom is -0.484 e. The fraction of sp³-hybridized carbons (Fsp3) is 0.320. The van der Waals surface area contributed by atoms with Gasteiger partial charge in [-0.2, -0.15) is 0 Å². The summed E-state index contributed by atoms with van der Waals surface area (Å²) in [5, 5.41) is 0. The third kappa shape index (κ3) is 4.36. The fourth-order valence-corrected chi connectivity index (χ4v) is 3.20. The maximum atomic E-state index is 12.9. The van der Waals surface area contributed by atoms with E-state index in [9.17, 15) is 4.79 Å². The van der Waals surface area contributed by atoms with Crippen molar-refractivity contribution in [2.45, 2.75) is 52.2 Å². The molecule has 0 spiro atoms. The van der Waals surface area contributed by atoms with Crippen molar-refractivity contribution in [1.82, 2.24) is 0 Å². The molecule has 0 radical (unpaired) electrons. The number of hydrogen-bond donors (Lipinski definition) is 0. The number of ketones is 1. The number of carbonyl (C=O) groups excluding carboxylic acids is 1. The zero-order valence-electron chi connectivity index (χ0n) is 17.1. The van der Waals surface area contributed by atoms with E-state index < -0.39 is 5.60 Å². The van der Waals surface area contributed by atoms with Gasteiger partial charge in [0.25, 0.3) is 0 Å². The third-order valence-corrected chi connectivity index (χ3v) is 4.90. The largest absolute Gasteiger partial charge is 0.484 e. The first-order valence-electron chi connectivity index (χ1n) is 9.67. The summed E-state index contributed by atoms with van der Waals surface area (Å²) in [6.45, 7) is 11.9. The Kier molecular flexibility index (Phi) is 5.73. The van der Waals surface area contributed by atoms with Crippen molar-refractivity contribution < 1.29 is 14.3 Å². The summed E-state index contributed by atoms with van der Waals surface area (Å²) < 4.78 is 12.6. The molecule has 146 valence electrons. The number of benzene rings is 2. The standard InChI is InChI=1S/C25H28O3/c1-6-25(4,5)28-22-15-14-19-21(26)16-23(18-10-8-7-9-11-18)27-24(19)20(22)13-12-17(2)3/h6-12,14-15,23H,1,13,16H2,2-5H3/t23-/m0/s1.